The smallest absolute Gasteiger partial charge is 0.410 e. The average molecular weight is 198 g/mol. The van der Waals surface area contributed by atoms with Crippen molar-refractivity contribution in [2.24, 2.45) is 5.73 Å². The van der Waals surface area contributed by atoms with Crippen LogP contribution in [0.4, 0.5) is 4.79 Å². The van der Waals surface area contributed by atoms with E-state index >= 15 is 0 Å². The molecule has 1 aliphatic heterocycles. The van der Waals surface area contributed by atoms with E-state index < -0.39 is 0 Å². The van der Waals surface area contributed by atoms with Gasteiger partial charge in [0.1, 0.15) is 6.61 Å². The first kappa shape index (κ1) is 9.77. The molecule has 0 aromatic heterocycles. The summed E-state index contributed by atoms with van der Waals surface area (Å²) >= 11 is 0. The third-order valence-electron chi connectivity index (χ3n) is 3.41. The average Bonchev–Trinajstić information content (AvgIpc) is 2.31. The van der Waals surface area contributed by atoms with Gasteiger partial charge in [-0.1, -0.05) is 0 Å². The predicted molar refractivity (Wildman–Crippen MR) is 52.9 cm³/mol. The molecule has 1 saturated heterocycles. The van der Waals surface area contributed by atoms with Crippen molar-refractivity contribution in [2.45, 2.75) is 44.2 Å². The molecule has 2 rings (SSSR count). The maximum Gasteiger partial charge on any atom is 0.410 e. The van der Waals surface area contributed by atoms with Crippen molar-refractivity contribution in [3.63, 3.8) is 0 Å². The summed E-state index contributed by atoms with van der Waals surface area (Å²) < 4.78 is 5.12. The topological polar surface area (TPSA) is 55.6 Å². The van der Waals surface area contributed by atoms with Crippen molar-refractivity contribution < 1.29 is 9.53 Å². The minimum atomic E-state index is -0.156. The molecule has 1 amide bonds. The first-order chi connectivity index (χ1) is 6.67. The number of hydrogen-bond donors (Lipinski definition) is 1. The van der Waals surface area contributed by atoms with Crippen LogP contribution in [-0.2, 0) is 4.74 Å². The first-order valence-electron chi connectivity index (χ1n) is 5.33. The van der Waals surface area contributed by atoms with Gasteiger partial charge in [0.25, 0.3) is 0 Å². The number of carbonyl (C=O) groups is 1. The SMILES string of the molecule is CC1(CCN)COC(=O)N1C1CCC1. The van der Waals surface area contributed by atoms with Gasteiger partial charge in [-0.2, -0.15) is 0 Å². The number of hydrogen-bond acceptors (Lipinski definition) is 3. The van der Waals surface area contributed by atoms with Crippen molar-refractivity contribution in [1.29, 1.82) is 0 Å². The van der Waals surface area contributed by atoms with Gasteiger partial charge >= 0.3 is 6.09 Å². The molecule has 0 aromatic rings. The monoisotopic (exact) mass is 198 g/mol. The maximum absolute atomic E-state index is 11.6. The summed E-state index contributed by atoms with van der Waals surface area (Å²) in [4.78, 5) is 13.5. The Labute approximate surface area is 84.4 Å². The second kappa shape index (κ2) is 3.42. The molecular weight excluding hydrogens is 180 g/mol. The molecule has 0 bridgehead atoms. The molecule has 0 aromatic carbocycles. The molecular formula is C10H18N2O2. The molecule has 4 nitrogen and oxygen atoms in total. The van der Waals surface area contributed by atoms with E-state index in [0.717, 1.165) is 19.3 Å². The van der Waals surface area contributed by atoms with E-state index in [1.54, 1.807) is 0 Å². The van der Waals surface area contributed by atoms with Gasteiger partial charge in [0.05, 0.1) is 5.54 Å². The van der Waals surface area contributed by atoms with Crippen LogP contribution in [0.3, 0.4) is 0 Å². The summed E-state index contributed by atoms with van der Waals surface area (Å²) in [6.07, 6.45) is 4.15. The van der Waals surface area contributed by atoms with Gasteiger partial charge < -0.3 is 10.5 Å². The molecule has 0 spiro atoms. The molecule has 2 aliphatic rings. The number of nitrogens with zero attached hydrogens (tertiary/aromatic N) is 1. The van der Waals surface area contributed by atoms with Crippen LogP contribution in [0.15, 0.2) is 0 Å². The Bertz CT molecular complexity index is 240. The number of ether oxygens (including phenoxy) is 1. The summed E-state index contributed by atoms with van der Waals surface area (Å²) in [5, 5.41) is 0. The molecule has 2 N–H and O–H groups in total. The van der Waals surface area contributed by atoms with Gasteiger partial charge in [0.15, 0.2) is 0 Å². The lowest BCUT2D eigenvalue weighted by atomic mass is 9.86. The van der Waals surface area contributed by atoms with E-state index in [4.69, 9.17) is 10.5 Å². The Morgan fingerprint density at radius 2 is 2.36 bits per heavy atom. The highest BCUT2D eigenvalue weighted by atomic mass is 16.6. The van der Waals surface area contributed by atoms with E-state index in [-0.39, 0.29) is 11.6 Å². The van der Waals surface area contributed by atoms with E-state index in [0.29, 0.717) is 19.2 Å². The van der Waals surface area contributed by atoms with Crippen LogP contribution in [0.25, 0.3) is 0 Å². The molecule has 1 atom stereocenters. The summed E-state index contributed by atoms with van der Waals surface area (Å²) in [6, 6.07) is 0.404. The molecule has 1 aliphatic carbocycles. The first-order valence-corrected chi connectivity index (χ1v) is 5.33. The minimum Gasteiger partial charge on any atom is -0.447 e. The predicted octanol–water partition coefficient (Wildman–Crippen LogP) is 1.10. The lowest BCUT2D eigenvalue weighted by molar-refractivity contribution is 0.0822. The highest BCUT2D eigenvalue weighted by Crippen LogP contribution is 2.36. The lowest BCUT2D eigenvalue weighted by Gasteiger charge is -2.42. The van der Waals surface area contributed by atoms with Crippen LogP contribution in [-0.4, -0.2) is 35.7 Å². The van der Waals surface area contributed by atoms with E-state index in [9.17, 15) is 4.79 Å². The van der Waals surface area contributed by atoms with Crippen molar-refractivity contribution >= 4 is 6.09 Å². The minimum absolute atomic E-state index is 0.148. The number of nitrogens with two attached hydrogens (primary N) is 1. The van der Waals surface area contributed by atoms with Crippen LogP contribution in [0, 0.1) is 0 Å². The summed E-state index contributed by atoms with van der Waals surface area (Å²) in [5.41, 5.74) is 5.41. The molecule has 4 heteroatoms. The van der Waals surface area contributed by atoms with E-state index in [1.807, 2.05) is 4.90 Å². The fraction of sp³-hybridized carbons (Fsp3) is 0.900. The van der Waals surface area contributed by atoms with E-state index in [2.05, 4.69) is 6.92 Å². The van der Waals surface area contributed by atoms with Crippen LogP contribution in [0.1, 0.15) is 32.6 Å². The zero-order chi connectivity index (χ0) is 10.2. The Morgan fingerprint density at radius 1 is 1.64 bits per heavy atom. The summed E-state index contributed by atoms with van der Waals surface area (Å²) in [7, 11) is 0. The molecule has 80 valence electrons. The Hall–Kier alpha value is -0.770. The second-order valence-electron chi connectivity index (χ2n) is 4.54. The molecule has 0 radical (unpaired) electrons. The van der Waals surface area contributed by atoms with Crippen molar-refractivity contribution in [3.05, 3.63) is 0 Å². The van der Waals surface area contributed by atoms with Crippen molar-refractivity contribution in [2.75, 3.05) is 13.2 Å². The van der Waals surface area contributed by atoms with Gasteiger partial charge in [-0.25, -0.2) is 4.79 Å². The van der Waals surface area contributed by atoms with Crippen molar-refractivity contribution in [1.82, 2.24) is 4.90 Å². The number of amides is 1. The second-order valence-corrected chi connectivity index (χ2v) is 4.54. The normalized spacial score (nSPS) is 33.0. The summed E-state index contributed by atoms with van der Waals surface area (Å²) in [6.45, 7) is 3.18. The highest BCUT2D eigenvalue weighted by molar-refractivity contribution is 5.71. The zero-order valence-electron chi connectivity index (χ0n) is 8.66. The Morgan fingerprint density at radius 3 is 2.86 bits per heavy atom. The lowest BCUT2D eigenvalue weighted by Crippen LogP contribution is -2.53. The van der Waals surface area contributed by atoms with Gasteiger partial charge in [-0.3, -0.25) is 4.90 Å². The third-order valence-corrected chi connectivity index (χ3v) is 3.41. The van der Waals surface area contributed by atoms with Crippen LogP contribution in [0.2, 0.25) is 0 Å². The molecule has 2 fully saturated rings. The quantitative estimate of drug-likeness (QED) is 0.738. The largest absolute Gasteiger partial charge is 0.447 e. The number of rotatable bonds is 3. The Kier molecular flexibility index (Phi) is 2.39. The molecule has 1 heterocycles. The van der Waals surface area contributed by atoms with Crippen LogP contribution >= 0.6 is 0 Å². The van der Waals surface area contributed by atoms with Crippen molar-refractivity contribution in [3.8, 4) is 0 Å². The van der Waals surface area contributed by atoms with Gasteiger partial charge in [0, 0.05) is 6.04 Å². The number of carbonyl (C=O) groups excluding carboxylic acids is 1. The fourth-order valence-corrected chi connectivity index (χ4v) is 2.31. The zero-order valence-corrected chi connectivity index (χ0v) is 8.66. The standard InChI is InChI=1S/C10H18N2O2/c1-10(5-6-11)7-14-9(13)12(10)8-3-2-4-8/h8H,2-7,11H2,1H3. The van der Waals surface area contributed by atoms with Gasteiger partial charge in [-0.05, 0) is 39.2 Å². The van der Waals surface area contributed by atoms with Crippen LogP contribution < -0.4 is 5.73 Å². The highest BCUT2D eigenvalue weighted by Gasteiger charge is 2.47. The molecule has 14 heavy (non-hydrogen) atoms. The van der Waals surface area contributed by atoms with E-state index in [1.165, 1.54) is 6.42 Å². The Balaban J connectivity index is 2.11. The maximum atomic E-state index is 11.6. The molecule has 1 saturated carbocycles. The van der Waals surface area contributed by atoms with Crippen LogP contribution in [0.5, 0.6) is 0 Å². The fourth-order valence-electron chi connectivity index (χ4n) is 2.31. The summed E-state index contributed by atoms with van der Waals surface area (Å²) in [5.74, 6) is 0. The molecule has 1 unspecified atom stereocenters. The number of cyclic esters (lactones) is 1. The third kappa shape index (κ3) is 1.38. The van der Waals surface area contributed by atoms with Gasteiger partial charge in [-0.15, -0.1) is 0 Å². The van der Waals surface area contributed by atoms with Gasteiger partial charge in [0.2, 0.25) is 0 Å².